The Morgan fingerprint density at radius 3 is 2.62 bits per heavy atom. The molecule has 10 heteroatoms. The Balaban J connectivity index is 2.30. The zero-order valence-electron chi connectivity index (χ0n) is 12.7. The zero-order chi connectivity index (χ0) is 17.9. The number of nitro benzene ring substituents is 1. The highest BCUT2D eigenvalue weighted by Crippen LogP contribution is 2.30. The van der Waals surface area contributed by atoms with Crippen molar-refractivity contribution in [3.05, 3.63) is 34.4 Å². The molecule has 1 aromatic rings. The summed E-state index contributed by atoms with van der Waals surface area (Å²) in [4.78, 5) is 21.7. The van der Waals surface area contributed by atoms with Crippen LogP contribution in [0.1, 0.15) is 6.92 Å². The summed E-state index contributed by atoms with van der Waals surface area (Å²) in [7, 11) is 0. The molecule has 10 nitrogen and oxygen atoms in total. The third-order valence-electron chi connectivity index (χ3n) is 3.56. The van der Waals surface area contributed by atoms with Crippen molar-refractivity contribution in [3.63, 3.8) is 0 Å². The number of nitrogens with one attached hydrogen (secondary N) is 1. The molecule has 24 heavy (non-hydrogen) atoms. The Kier molecular flexibility index (Phi) is 5.67. The highest BCUT2D eigenvalue weighted by atomic mass is 16.7. The summed E-state index contributed by atoms with van der Waals surface area (Å²) in [6.45, 7) is 0.584. The Morgan fingerprint density at radius 2 is 2.04 bits per heavy atom. The maximum absolute atomic E-state index is 11.3. The number of aliphatic hydroxyl groups is 3. The van der Waals surface area contributed by atoms with Gasteiger partial charge in [-0.15, -0.1) is 0 Å². The highest BCUT2D eigenvalue weighted by Gasteiger charge is 2.46. The molecule has 132 valence electrons. The number of carbonyl (C=O) groups excluding carboxylic acids is 1. The van der Waals surface area contributed by atoms with Gasteiger partial charge in [-0.3, -0.25) is 14.9 Å². The maximum Gasteiger partial charge on any atom is 0.311 e. The molecule has 0 unspecified atom stereocenters. The molecule has 1 fully saturated rings. The van der Waals surface area contributed by atoms with Gasteiger partial charge in [-0.1, -0.05) is 12.1 Å². The van der Waals surface area contributed by atoms with Gasteiger partial charge < -0.3 is 30.1 Å². The number of benzene rings is 1. The quantitative estimate of drug-likeness (QED) is 0.389. The van der Waals surface area contributed by atoms with Crippen molar-refractivity contribution < 1.29 is 34.5 Å². The average Bonchev–Trinajstić information content (AvgIpc) is 2.54. The third kappa shape index (κ3) is 3.79. The first-order chi connectivity index (χ1) is 11.3. The van der Waals surface area contributed by atoms with E-state index < -0.39 is 48.1 Å². The molecular formula is C14H18N2O8. The van der Waals surface area contributed by atoms with E-state index in [2.05, 4.69) is 5.32 Å². The number of ether oxygens (including phenoxy) is 2. The first-order valence-corrected chi connectivity index (χ1v) is 7.14. The van der Waals surface area contributed by atoms with Crippen molar-refractivity contribution in [2.75, 3.05) is 6.61 Å². The fraction of sp³-hybridized carbons (Fsp3) is 0.500. The van der Waals surface area contributed by atoms with E-state index in [1.54, 1.807) is 0 Å². The second-order valence-corrected chi connectivity index (χ2v) is 5.28. The molecule has 0 spiro atoms. The molecule has 1 heterocycles. The van der Waals surface area contributed by atoms with E-state index in [1.807, 2.05) is 0 Å². The van der Waals surface area contributed by atoms with Crippen LogP contribution in [-0.2, 0) is 9.53 Å². The third-order valence-corrected chi connectivity index (χ3v) is 3.56. The van der Waals surface area contributed by atoms with Gasteiger partial charge in [0.15, 0.2) is 5.75 Å². The Morgan fingerprint density at radius 1 is 1.38 bits per heavy atom. The minimum absolute atomic E-state index is 0.136. The summed E-state index contributed by atoms with van der Waals surface area (Å²) in [5.74, 6) is -0.656. The van der Waals surface area contributed by atoms with Gasteiger partial charge >= 0.3 is 5.69 Å². The number of aliphatic hydroxyl groups excluding tert-OH is 3. The number of para-hydroxylation sites is 2. The Labute approximate surface area is 136 Å². The lowest BCUT2D eigenvalue weighted by Gasteiger charge is -2.41. The van der Waals surface area contributed by atoms with E-state index in [4.69, 9.17) is 9.47 Å². The van der Waals surface area contributed by atoms with Gasteiger partial charge in [0, 0.05) is 13.0 Å². The van der Waals surface area contributed by atoms with Gasteiger partial charge in [0.05, 0.1) is 11.5 Å². The van der Waals surface area contributed by atoms with Crippen molar-refractivity contribution in [1.29, 1.82) is 0 Å². The number of hydrogen-bond acceptors (Lipinski definition) is 8. The van der Waals surface area contributed by atoms with Crippen molar-refractivity contribution >= 4 is 11.6 Å². The smallest absolute Gasteiger partial charge is 0.311 e. The number of rotatable bonds is 5. The van der Waals surface area contributed by atoms with Gasteiger partial charge in [-0.2, -0.15) is 0 Å². The zero-order valence-corrected chi connectivity index (χ0v) is 12.7. The second kappa shape index (κ2) is 7.53. The normalized spacial score (nSPS) is 29.8. The SMILES string of the molecule is CC(=O)N[C@H]1[C@@H](Oc2ccccc2[N+](=O)[O-])O[C@@H](CO)[C@@H](O)[C@H]1O. The summed E-state index contributed by atoms with van der Waals surface area (Å²) >= 11 is 0. The fourth-order valence-corrected chi connectivity index (χ4v) is 2.40. The predicted molar refractivity (Wildman–Crippen MR) is 79.1 cm³/mol. The molecule has 1 saturated heterocycles. The van der Waals surface area contributed by atoms with Crippen molar-refractivity contribution in [3.8, 4) is 5.75 Å². The van der Waals surface area contributed by atoms with E-state index in [9.17, 15) is 30.2 Å². The van der Waals surface area contributed by atoms with Crippen molar-refractivity contribution in [2.24, 2.45) is 0 Å². The molecule has 0 aromatic heterocycles. The summed E-state index contributed by atoms with van der Waals surface area (Å²) in [5, 5.41) is 42.7. The van der Waals surface area contributed by atoms with Crippen LogP contribution in [0.5, 0.6) is 5.75 Å². The lowest BCUT2D eigenvalue weighted by molar-refractivity contribution is -0.386. The monoisotopic (exact) mass is 342 g/mol. The summed E-state index contributed by atoms with van der Waals surface area (Å²) < 4.78 is 10.8. The van der Waals surface area contributed by atoms with Crippen LogP contribution in [-0.4, -0.2) is 63.4 Å². The van der Waals surface area contributed by atoms with Crippen LogP contribution in [0.4, 0.5) is 5.69 Å². The Hall–Kier alpha value is -2.27. The standard InChI is InChI=1S/C14H18N2O8/c1-7(18)15-11-13(20)12(19)10(6-17)24-14(11)23-9-5-3-2-4-8(9)16(21)22/h2-5,10-14,17,19-20H,6H2,1H3,(H,15,18)/t10-,11+,12+,13-,14-/m0/s1. The van der Waals surface area contributed by atoms with E-state index in [1.165, 1.54) is 31.2 Å². The van der Waals surface area contributed by atoms with E-state index >= 15 is 0 Å². The van der Waals surface area contributed by atoms with Crippen LogP contribution in [0.3, 0.4) is 0 Å². The molecule has 4 N–H and O–H groups in total. The minimum atomic E-state index is -1.49. The summed E-state index contributed by atoms with van der Waals surface area (Å²) in [6, 6.07) is 4.33. The van der Waals surface area contributed by atoms with Crippen molar-refractivity contribution in [2.45, 2.75) is 37.6 Å². The molecule has 1 aromatic carbocycles. The van der Waals surface area contributed by atoms with Gasteiger partial charge in [-0.25, -0.2) is 0 Å². The predicted octanol–water partition coefficient (Wildman–Crippen LogP) is -1.08. The van der Waals surface area contributed by atoms with Gasteiger partial charge in [0.1, 0.15) is 24.4 Å². The summed E-state index contributed by atoms with van der Waals surface area (Å²) in [5.41, 5.74) is -0.330. The first-order valence-electron chi connectivity index (χ1n) is 7.14. The van der Waals surface area contributed by atoms with Crippen LogP contribution >= 0.6 is 0 Å². The molecule has 0 radical (unpaired) electrons. The van der Waals surface area contributed by atoms with Crippen LogP contribution in [0, 0.1) is 10.1 Å². The number of nitro groups is 1. The average molecular weight is 342 g/mol. The number of nitrogens with zero attached hydrogens (tertiary/aromatic N) is 1. The van der Waals surface area contributed by atoms with E-state index in [0.717, 1.165) is 0 Å². The van der Waals surface area contributed by atoms with E-state index in [-0.39, 0.29) is 11.4 Å². The molecule has 5 atom stereocenters. The molecule has 1 aliphatic rings. The topological polar surface area (TPSA) is 151 Å². The number of hydrogen-bond donors (Lipinski definition) is 4. The maximum atomic E-state index is 11.3. The number of amides is 1. The van der Waals surface area contributed by atoms with Crippen LogP contribution in [0.25, 0.3) is 0 Å². The lowest BCUT2D eigenvalue weighted by atomic mass is 9.97. The van der Waals surface area contributed by atoms with Crippen LogP contribution < -0.4 is 10.1 Å². The largest absolute Gasteiger partial charge is 0.455 e. The summed E-state index contributed by atoms with van der Waals surface area (Å²) in [6.07, 6.45) is -5.46. The fourth-order valence-electron chi connectivity index (χ4n) is 2.40. The van der Waals surface area contributed by atoms with Crippen molar-refractivity contribution in [1.82, 2.24) is 5.32 Å². The van der Waals surface area contributed by atoms with Crippen LogP contribution in [0.2, 0.25) is 0 Å². The van der Waals surface area contributed by atoms with Crippen LogP contribution in [0.15, 0.2) is 24.3 Å². The number of carbonyl (C=O) groups is 1. The first kappa shape index (κ1) is 18.1. The molecule has 0 bridgehead atoms. The molecule has 1 amide bonds. The molecule has 0 aliphatic carbocycles. The lowest BCUT2D eigenvalue weighted by Crippen LogP contribution is -2.65. The molecule has 2 rings (SSSR count). The Bertz CT molecular complexity index is 610. The highest BCUT2D eigenvalue weighted by molar-refractivity contribution is 5.73. The van der Waals surface area contributed by atoms with Gasteiger partial charge in [0.25, 0.3) is 0 Å². The van der Waals surface area contributed by atoms with E-state index in [0.29, 0.717) is 0 Å². The molecule has 1 aliphatic heterocycles. The minimum Gasteiger partial charge on any atom is -0.455 e. The molecular weight excluding hydrogens is 324 g/mol. The van der Waals surface area contributed by atoms with Gasteiger partial charge in [0.2, 0.25) is 12.2 Å². The molecule has 0 saturated carbocycles. The second-order valence-electron chi connectivity index (χ2n) is 5.28. The van der Waals surface area contributed by atoms with Gasteiger partial charge in [-0.05, 0) is 6.07 Å².